The van der Waals surface area contributed by atoms with Gasteiger partial charge < -0.3 is 10.5 Å². The fourth-order valence-corrected chi connectivity index (χ4v) is 2.64. The van der Waals surface area contributed by atoms with Gasteiger partial charge in [-0.2, -0.15) is 0 Å². The van der Waals surface area contributed by atoms with Gasteiger partial charge >= 0.3 is 0 Å². The van der Waals surface area contributed by atoms with Crippen LogP contribution in [0.3, 0.4) is 0 Å². The molecule has 0 aliphatic carbocycles. The first-order valence-electron chi connectivity index (χ1n) is 7.93. The van der Waals surface area contributed by atoms with Crippen LogP contribution in [0.5, 0.6) is 5.75 Å². The molecular weight excluding hydrogens is 304 g/mol. The molecule has 0 aliphatic rings. The predicted molar refractivity (Wildman–Crippen MR) is 101 cm³/mol. The number of benzene rings is 2. The number of thioether (sulfide) groups is 1. The zero-order valence-electron chi connectivity index (χ0n) is 13.7. The lowest BCUT2D eigenvalue weighted by molar-refractivity contribution is 0.344. The molecule has 0 amide bonds. The molecule has 0 heterocycles. The number of nitrogens with two attached hydrogens (primary N) is 1. The van der Waals surface area contributed by atoms with Gasteiger partial charge in [-0.1, -0.05) is 55.9 Å². The Bertz CT molecular complexity index is 611. The van der Waals surface area contributed by atoms with Gasteiger partial charge in [0.1, 0.15) is 5.75 Å². The van der Waals surface area contributed by atoms with Gasteiger partial charge in [-0.25, -0.2) is 4.99 Å². The van der Waals surface area contributed by atoms with Crippen molar-refractivity contribution in [2.45, 2.75) is 26.2 Å². The minimum Gasteiger partial charge on any atom is -0.493 e. The van der Waals surface area contributed by atoms with E-state index in [0.29, 0.717) is 17.7 Å². The summed E-state index contributed by atoms with van der Waals surface area (Å²) in [7, 11) is 0. The molecule has 0 radical (unpaired) electrons. The maximum Gasteiger partial charge on any atom is 0.159 e. The first kappa shape index (κ1) is 17.4. The topological polar surface area (TPSA) is 47.6 Å². The Morgan fingerprint density at radius 2 is 1.83 bits per heavy atom. The van der Waals surface area contributed by atoms with Gasteiger partial charge in [0, 0.05) is 5.75 Å². The number of hydrogen-bond acceptors (Lipinski definition) is 3. The van der Waals surface area contributed by atoms with Crippen LogP contribution in [0.25, 0.3) is 0 Å². The van der Waals surface area contributed by atoms with Crippen LogP contribution in [-0.4, -0.2) is 17.5 Å². The smallest absolute Gasteiger partial charge is 0.159 e. The van der Waals surface area contributed by atoms with E-state index in [-0.39, 0.29) is 0 Å². The van der Waals surface area contributed by atoms with Crippen molar-refractivity contribution in [1.29, 1.82) is 0 Å². The van der Waals surface area contributed by atoms with Crippen LogP contribution >= 0.6 is 11.8 Å². The normalized spacial score (nSPS) is 12.9. The second-order valence-electron chi connectivity index (χ2n) is 5.36. The highest BCUT2D eigenvalue weighted by Gasteiger charge is 2.02. The highest BCUT2D eigenvalue weighted by Crippen LogP contribution is 2.22. The summed E-state index contributed by atoms with van der Waals surface area (Å²) in [6, 6.07) is 18.1. The van der Waals surface area contributed by atoms with Crippen LogP contribution in [0.15, 0.2) is 59.6 Å². The lowest BCUT2D eigenvalue weighted by atomic mass is 9.99. The van der Waals surface area contributed by atoms with Crippen molar-refractivity contribution in [3.05, 3.63) is 60.2 Å². The van der Waals surface area contributed by atoms with Crippen molar-refractivity contribution in [1.82, 2.24) is 0 Å². The largest absolute Gasteiger partial charge is 0.493 e. The summed E-state index contributed by atoms with van der Waals surface area (Å²) in [5, 5.41) is 0.568. The summed E-state index contributed by atoms with van der Waals surface area (Å²) in [4.78, 5) is 4.43. The van der Waals surface area contributed by atoms with Crippen LogP contribution in [0.2, 0.25) is 0 Å². The minimum absolute atomic E-state index is 0.568. The van der Waals surface area contributed by atoms with E-state index in [2.05, 4.69) is 31.0 Å². The van der Waals surface area contributed by atoms with Crippen LogP contribution in [0.4, 0.5) is 5.69 Å². The van der Waals surface area contributed by atoms with E-state index in [1.165, 1.54) is 17.3 Å². The van der Waals surface area contributed by atoms with E-state index in [9.17, 15) is 0 Å². The van der Waals surface area contributed by atoms with E-state index in [1.807, 2.05) is 42.5 Å². The van der Waals surface area contributed by atoms with E-state index in [1.54, 1.807) is 0 Å². The maximum atomic E-state index is 5.97. The van der Waals surface area contributed by atoms with Gasteiger partial charge in [0.2, 0.25) is 0 Å². The Kier molecular flexibility index (Phi) is 7.01. The quantitative estimate of drug-likeness (QED) is 0.444. The van der Waals surface area contributed by atoms with Gasteiger partial charge in [-0.3, -0.25) is 0 Å². The Morgan fingerprint density at radius 1 is 1.13 bits per heavy atom. The third-order valence-corrected chi connectivity index (χ3v) is 4.42. The molecule has 0 bridgehead atoms. The lowest BCUT2D eigenvalue weighted by Crippen LogP contribution is -2.10. The standard InChI is InChI=1S/C19H24N2OS/c1-3-15(2)16-9-11-17(12-10-16)21-19(20)23-14-13-22-18-7-5-4-6-8-18/h4-12,15H,3,13-14H2,1-2H3,(H2,20,21)/t15-/m0/s1. The Morgan fingerprint density at radius 3 is 2.48 bits per heavy atom. The molecule has 0 fully saturated rings. The summed E-state index contributed by atoms with van der Waals surface area (Å²) in [6.45, 7) is 5.04. The molecule has 0 saturated heterocycles. The average molecular weight is 328 g/mol. The zero-order valence-corrected chi connectivity index (χ0v) is 14.6. The van der Waals surface area contributed by atoms with Gasteiger partial charge in [0.25, 0.3) is 0 Å². The summed E-state index contributed by atoms with van der Waals surface area (Å²) >= 11 is 1.51. The molecule has 3 nitrogen and oxygen atoms in total. The number of ether oxygens (including phenoxy) is 1. The van der Waals surface area contributed by atoms with Crippen molar-refractivity contribution in [3.63, 3.8) is 0 Å². The van der Waals surface area contributed by atoms with E-state index in [4.69, 9.17) is 10.5 Å². The molecule has 2 aromatic carbocycles. The SMILES string of the molecule is CC[C@H](C)c1ccc(N=C(N)SCCOc2ccccc2)cc1. The molecule has 0 spiro atoms. The number of rotatable bonds is 7. The molecule has 1 atom stereocenters. The molecular formula is C19H24N2OS. The summed E-state index contributed by atoms with van der Waals surface area (Å²) in [6.07, 6.45) is 1.14. The fourth-order valence-electron chi connectivity index (χ4n) is 2.10. The van der Waals surface area contributed by atoms with Crippen molar-refractivity contribution in [2.24, 2.45) is 10.7 Å². The number of aliphatic imine (C=N–C) groups is 1. The summed E-state index contributed by atoms with van der Waals surface area (Å²) in [5.41, 5.74) is 8.20. The van der Waals surface area contributed by atoms with Crippen LogP contribution in [0, 0.1) is 0 Å². The molecule has 2 aromatic rings. The maximum absolute atomic E-state index is 5.97. The second-order valence-corrected chi connectivity index (χ2v) is 6.48. The molecule has 0 aliphatic heterocycles. The molecule has 122 valence electrons. The van der Waals surface area contributed by atoms with Crippen molar-refractivity contribution >= 4 is 22.6 Å². The van der Waals surface area contributed by atoms with Gasteiger partial charge in [0.15, 0.2) is 5.17 Å². The van der Waals surface area contributed by atoms with Crippen LogP contribution in [-0.2, 0) is 0 Å². The second kappa shape index (κ2) is 9.26. The van der Waals surface area contributed by atoms with Crippen molar-refractivity contribution in [2.75, 3.05) is 12.4 Å². The lowest BCUT2D eigenvalue weighted by Gasteiger charge is -2.08. The first-order chi connectivity index (χ1) is 11.2. The third-order valence-electron chi connectivity index (χ3n) is 3.66. The van der Waals surface area contributed by atoms with Gasteiger partial charge in [0.05, 0.1) is 12.3 Å². The zero-order chi connectivity index (χ0) is 16.5. The fraction of sp³-hybridized carbons (Fsp3) is 0.316. The molecule has 2 rings (SSSR count). The van der Waals surface area contributed by atoms with Crippen molar-refractivity contribution < 1.29 is 4.74 Å². The highest BCUT2D eigenvalue weighted by molar-refractivity contribution is 8.13. The number of hydrogen-bond donors (Lipinski definition) is 1. The molecule has 0 aromatic heterocycles. The summed E-state index contributed by atoms with van der Waals surface area (Å²) in [5.74, 6) is 2.23. The number of amidine groups is 1. The first-order valence-corrected chi connectivity index (χ1v) is 8.92. The average Bonchev–Trinajstić information content (AvgIpc) is 2.59. The molecule has 23 heavy (non-hydrogen) atoms. The molecule has 2 N–H and O–H groups in total. The van der Waals surface area contributed by atoms with Gasteiger partial charge in [-0.15, -0.1) is 0 Å². The minimum atomic E-state index is 0.568. The third kappa shape index (κ3) is 5.99. The van der Waals surface area contributed by atoms with E-state index in [0.717, 1.165) is 23.6 Å². The van der Waals surface area contributed by atoms with Crippen molar-refractivity contribution in [3.8, 4) is 5.75 Å². The van der Waals surface area contributed by atoms with Crippen LogP contribution < -0.4 is 10.5 Å². The monoisotopic (exact) mass is 328 g/mol. The molecule has 4 heteroatoms. The number of nitrogens with zero attached hydrogens (tertiary/aromatic N) is 1. The van der Waals surface area contributed by atoms with E-state index < -0.39 is 0 Å². The van der Waals surface area contributed by atoms with Gasteiger partial charge in [-0.05, 0) is 42.2 Å². The Labute approximate surface area is 143 Å². The Hall–Kier alpha value is -1.94. The summed E-state index contributed by atoms with van der Waals surface area (Å²) < 4.78 is 5.63. The molecule has 0 unspecified atom stereocenters. The van der Waals surface area contributed by atoms with Crippen LogP contribution in [0.1, 0.15) is 31.7 Å². The number of para-hydroxylation sites is 1. The predicted octanol–water partition coefficient (Wildman–Crippen LogP) is 4.96. The molecule has 0 saturated carbocycles. The Balaban J connectivity index is 1.78. The van der Waals surface area contributed by atoms with E-state index >= 15 is 0 Å². The highest BCUT2D eigenvalue weighted by atomic mass is 32.2.